The molecule has 1 rings (SSSR count). The monoisotopic (exact) mass is 315 g/mol. The number of nitrogens with one attached hydrogen (secondary N) is 1. The van der Waals surface area contributed by atoms with Crippen molar-refractivity contribution in [2.24, 2.45) is 0 Å². The van der Waals surface area contributed by atoms with Crippen molar-refractivity contribution < 1.29 is 19.4 Å². The highest BCUT2D eigenvalue weighted by atomic mass is 16.6. The van der Waals surface area contributed by atoms with Gasteiger partial charge in [-0.15, -0.1) is 0 Å². The fraction of sp³-hybridized carbons (Fsp3) is 0.941. The zero-order valence-electron chi connectivity index (χ0n) is 14.2. The Hall–Kier alpha value is -0.810. The highest BCUT2D eigenvalue weighted by molar-refractivity contribution is 5.67. The lowest BCUT2D eigenvalue weighted by Gasteiger charge is -2.20. The second-order valence-corrected chi connectivity index (χ2v) is 6.19. The maximum atomic E-state index is 11.7. The van der Waals surface area contributed by atoms with E-state index in [4.69, 9.17) is 9.47 Å². The van der Waals surface area contributed by atoms with E-state index in [9.17, 15) is 9.90 Å². The summed E-state index contributed by atoms with van der Waals surface area (Å²) in [5.74, 6) is 0. The average molecular weight is 315 g/mol. The second-order valence-electron chi connectivity index (χ2n) is 6.19. The number of amides is 1. The van der Waals surface area contributed by atoms with Crippen LogP contribution in [0.2, 0.25) is 0 Å². The Morgan fingerprint density at radius 1 is 1.09 bits per heavy atom. The molecular formula is C17H33NO4. The molecule has 0 aromatic carbocycles. The number of aliphatic hydroxyl groups excluding tert-OH is 1. The Bertz CT molecular complexity index is 298. The first-order chi connectivity index (χ1) is 10.7. The highest BCUT2D eigenvalue weighted by Gasteiger charge is 2.37. The van der Waals surface area contributed by atoms with Gasteiger partial charge in [-0.3, -0.25) is 0 Å². The molecule has 0 spiro atoms. The van der Waals surface area contributed by atoms with Gasteiger partial charge in [-0.1, -0.05) is 51.9 Å². The molecule has 22 heavy (non-hydrogen) atoms. The van der Waals surface area contributed by atoms with Gasteiger partial charge in [0.15, 0.2) is 0 Å². The minimum Gasteiger partial charge on any atom is -0.443 e. The van der Waals surface area contributed by atoms with Crippen LogP contribution in [0.25, 0.3) is 0 Å². The summed E-state index contributed by atoms with van der Waals surface area (Å²) in [5.41, 5.74) is 0. The van der Waals surface area contributed by atoms with Crippen LogP contribution >= 0.6 is 0 Å². The number of unbranched alkanes of at least 4 members (excludes halogenated alkanes) is 7. The molecule has 1 aliphatic rings. The molecule has 2 N–H and O–H groups in total. The van der Waals surface area contributed by atoms with Crippen LogP contribution in [0, 0.1) is 0 Å². The predicted octanol–water partition coefficient (Wildman–Crippen LogP) is 3.39. The van der Waals surface area contributed by atoms with E-state index in [-0.39, 0.29) is 6.10 Å². The predicted molar refractivity (Wildman–Crippen MR) is 86.9 cm³/mol. The first-order valence-electron chi connectivity index (χ1n) is 8.84. The van der Waals surface area contributed by atoms with Crippen LogP contribution in [-0.4, -0.2) is 43.2 Å². The molecule has 0 aromatic rings. The van der Waals surface area contributed by atoms with E-state index >= 15 is 0 Å². The third-order valence-corrected chi connectivity index (χ3v) is 4.32. The number of carbonyl (C=O) groups is 1. The van der Waals surface area contributed by atoms with E-state index in [1.54, 1.807) is 0 Å². The van der Waals surface area contributed by atoms with Crippen molar-refractivity contribution in [3.8, 4) is 0 Å². The molecule has 0 aliphatic heterocycles. The standard InChI is InChI=1S/C17H33NO4/c1-3-4-5-6-7-8-9-10-13-18-17(20)22-15-12-11-14(19)16(15)21-2/h14-16,19H,3-13H2,1-2H3,(H,18,20)/t14-,15+,16+/m1/s1. The van der Waals surface area contributed by atoms with Gasteiger partial charge in [0.2, 0.25) is 0 Å². The van der Waals surface area contributed by atoms with Crippen LogP contribution in [0.1, 0.15) is 71.1 Å². The van der Waals surface area contributed by atoms with Crippen LogP contribution in [0.4, 0.5) is 4.79 Å². The molecule has 0 bridgehead atoms. The molecule has 1 aliphatic carbocycles. The lowest BCUT2D eigenvalue weighted by atomic mass is 10.1. The summed E-state index contributed by atoms with van der Waals surface area (Å²) in [5, 5.41) is 12.5. The molecule has 1 saturated carbocycles. The molecule has 0 saturated heterocycles. The Kier molecular flexibility index (Phi) is 10.2. The zero-order valence-corrected chi connectivity index (χ0v) is 14.2. The number of hydrogen-bond donors (Lipinski definition) is 2. The fourth-order valence-corrected chi connectivity index (χ4v) is 2.97. The Morgan fingerprint density at radius 2 is 1.73 bits per heavy atom. The van der Waals surface area contributed by atoms with E-state index in [1.165, 1.54) is 45.6 Å². The number of alkyl carbamates (subject to hydrolysis) is 1. The second kappa shape index (κ2) is 11.7. The summed E-state index contributed by atoms with van der Waals surface area (Å²) >= 11 is 0. The quantitative estimate of drug-likeness (QED) is 0.574. The van der Waals surface area contributed by atoms with Gasteiger partial charge < -0.3 is 19.9 Å². The van der Waals surface area contributed by atoms with E-state index in [1.807, 2.05) is 0 Å². The maximum Gasteiger partial charge on any atom is 0.407 e. The molecule has 130 valence electrons. The SMILES string of the molecule is CCCCCCCCCCNC(=O)O[C@H]1CC[C@@H](O)[C@@H]1OC. The van der Waals surface area contributed by atoms with Crippen molar-refractivity contribution in [3.05, 3.63) is 0 Å². The minimum atomic E-state index is -0.532. The lowest BCUT2D eigenvalue weighted by molar-refractivity contribution is -0.0503. The number of aliphatic hydroxyl groups is 1. The largest absolute Gasteiger partial charge is 0.443 e. The molecule has 1 amide bonds. The number of hydrogen-bond acceptors (Lipinski definition) is 4. The Labute approximate surface area is 134 Å². The molecule has 0 aromatic heterocycles. The smallest absolute Gasteiger partial charge is 0.407 e. The van der Waals surface area contributed by atoms with Crippen LogP contribution < -0.4 is 5.32 Å². The van der Waals surface area contributed by atoms with Gasteiger partial charge in [-0.2, -0.15) is 0 Å². The molecule has 1 fully saturated rings. The summed E-state index contributed by atoms with van der Waals surface area (Å²) in [6.45, 7) is 2.88. The van der Waals surface area contributed by atoms with Crippen LogP contribution in [0.3, 0.4) is 0 Å². The summed E-state index contributed by atoms with van der Waals surface area (Å²) < 4.78 is 10.5. The number of ether oxygens (including phenoxy) is 2. The van der Waals surface area contributed by atoms with E-state index in [0.29, 0.717) is 19.4 Å². The number of methoxy groups -OCH3 is 1. The lowest BCUT2D eigenvalue weighted by Crippen LogP contribution is -2.37. The molecule has 5 nitrogen and oxygen atoms in total. The topological polar surface area (TPSA) is 67.8 Å². The summed E-state index contributed by atoms with van der Waals surface area (Å²) in [6.07, 6.45) is 9.58. The Balaban J connectivity index is 1.97. The van der Waals surface area contributed by atoms with Gasteiger partial charge >= 0.3 is 6.09 Å². The van der Waals surface area contributed by atoms with E-state index < -0.39 is 18.3 Å². The van der Waals surface area contributed by atoms with Crippen LogP contribution in [0.5, 0.6) is 0 Å². The third kappa shape index (κ3) is 7.45. The van der Waals surface area contributed by atoms with E-state index in [0.717, 1.165) is 12.8 Å². The Morgan fingerprint density at radius 3 is 2.36 bits per heavy atom. The van der Waals surface area contributed by atoms with Gasteiger partial charge in [0, 0.05) is 13.7 Å². The third-order valence-electron chi connectivity index (χ3n) is 4.32. The van der Waals surface area contributed by atoms with Gasteiger partial charge in [0.25, 0.3) is 0 Å². The normalized spacial score (nSPS) is 24.4. The van der Waals surface area contributed by atoms with Crippen molar-refractivity contribution in [2.75, 3.05) is 13.7 Å². The first kappa shape index (κ1) is 19.2. The molecule has 0 heterocycles. The molecule has 0 unspecified atom stereocenters. The van der Waals surface area contributed by atoms with Crippen molar-refractivity contribution in [1.82, 2.24) is 5.32 Å². The van der Waals surface area contributed by atoms with Gasteiger partial charge in [0.05, 0.1) is 6.10 Å². The summed E-state index contributed by atoms with van der Waals surface area (Å²) in [4.78, 5) is 11.7. The maximum absolute atomic E-state index is 11.7. The van der Waals surface area contributed by atoms with Crippen LogP contribution in [0.15, 0.2) is 0 Å². The highest BCUT2D eigenvalue weighted by Crippen LogP contribution is 2.25. The average Bonchev–Trinajstić information content (AvgIpc) is 2.85. The van der Waals surface area contributed by atoms with Crippen molar-refractivity contribution >= 4 is 6.09 Å². The summed E-state index contributed by atoms with van der Waals surface area (Å²) in [7, 11) is 1.54. The minimum absolute atomic E-state index is 0.335. The summed E-state index contributed by atoms with van der Waals surface area (Å²) in [6, 6.07) is 0. The van der Waals surface area contributed by atoms with Crippen molar-refractivity contribution in [2.45, 2.75) is 89.4 Å². The molecular weight excluding hydrogens is 282 g/mol. The van der Waals surface area contributed by atoms with Gasteiger partial charge in [-0.25, -0.2) is 4.79 Å². The zero-order chi connectivity index (χ0) is 16.2. The van der Waals surface area contributed by atoms with E-state index in [2.05, 4.69) is 12.2 Å². The number of rotatable bonds is 11. The van der Waals surface area contributed by atoms with Crippen molar-refractivity contribution in [3.63, 3.8) is 0 Å². The van der Waals surface area contributed by atoms with Gasteiger partial charge in [-0.05, 0) is 19.3 Å². The molecule has 0 radical (unpaired) electrons. The van der Waals surface area contributed by atoms with Crippen molar-refractivity contribution in [1.29, 1.82) is 0 Å². The van der Waals surface area contributed by atoms with Crippen LogP contribution in [-0.2, 0) is 9.47 Å². The number of carbonyl (C=O) groups excluding carboxylic acids is 1. The fourth-order valence-electron chi connectivity index (χ4n) is 2.97. The molecule has 3 atom stereocenters. The van der Waals surface area contributed by atoms with Gasteiger partial charge in [0.1, 0.15) is 12.2 Å². The first-order valence-corrected chi connectivity index (χ1v) is 8.84. The molecule has 5 heteroatoms.